The maximum atomic E-state index is 13.3. The molecular weight excluding hydrogens is 541 g/mol. The van der Waals surface area contributed by atoms with Crippen molar-refractivity contribution in [2.45, 2.75) is 31.1 Å². The Hall–Kier alpha value is -1.75. The topological polar surface area (TPSA) is 79.8 Å². The van der Waals surface area contributed by atoms with Crippen LogP contribution in [0.5, 0.6) is 0 Å². The van der Waals surface area contributed by atoms with Gasteiger partial charge in [0.15, 0.2) is 15.0 Å². The van der Waals surface area contributed by atoms with Gasteiger partial charge in [0, 0.05) is 37.6 Å². The molecule has 2 aromatic carbocycles. The highest BCUT2D eigenvalue weighted by Crippen LogP contribution is 2.33. The van der Waals surface area contributed by atoms with E-state index in [2.05, 4.69) is 4.90 Å². The van der Waals surface area contributed by atoms with E-state index in [9.17, 15) is 13.2 Å². The first-order chi connectivity index (χ1) is 16.8. The van der Waals surface area contributed by atoms with E-state index < -0.39 is 9.84 Å². The largest absolute Gasteiger partial charge is 0.379 e. The summed E-state index contributed by atoms with van der Waals surface area (Å²) < 4.78 is 31.6. The molecule has 1 aromatic heterocycles. The summed E-state index contributed by atoms with van der Waals surface area (Å²) in [4.78, 5) is 22.4. The number of ether oxygens (including phenoxy) is 1. The molecule has 11 heteroatoms. The fraction of sp³-hybridized carbons (Fsp3) is 0.440. The zero-order valence-electron chi connectivity index (χ0n) is 20.2. The van der Waals surface area contributed by atoms with Gasteiger partial charge in [-0.1, -0.05) is 41.1 Å². The minimum Gasteiger partial charge on any atom is -0.379 e. The van der Waals surface area contributed by atoms with Crippen molar-refractivity contribution >= 4 is 66.4 Å². The number of benzene rings is 2. The van der Waals surface area contributed by atoms with Crippen LogP contribution < -0.4 is 4.90 Å². The van der Waals surface area contributed by atoms with Crippen LogP contribution in [0.15, 0.2) is 47.4 Å². The SMILES string of the molecule is Cc1cc(Cl)cc2sc(N(CCCN3CCOCC3)C(=O)CCCS(=O)(=O)c3ccccc3)nc12.Cl. The van der Waals surface area contributed by atoms with Crippen molar-refractivity contribution in [3.63, 3.8) is 0 Å². The molecular formula is C25H31Cl2N3O4S2. The van der Waals surface area contributed by atoms with Gasteiger partial charge in [0.25, 0.3) is 0 Å². The fourth-order valence-electron chi connectivity index (χ4n) is 4.16. The number of morpholine rings is 1. The summed E-state index contributed by atoms with van der Waals surface area (Å²) >= 11 is 7.67. The van der Waals surface area contributed by atoms with E-state index in [0.717, 1.165) is 55.0 Å². The summed E-state index contributed by atoms with van der Waals surface area (Å²) in [6.45, 7) is 6.59. The number of aryl methyl sites for hydroxylation is 1. The molecule has 0 aliphatic carbocycles. The number of sulfone groups is 1. The number of fused-ring (bicyclic) bond motifs is 1. The second kappa shape index (κ2) is 13.2. The fourth-order valence-corrected chi connectivity index (χ4v) is 6.95. The summed E-state index contributed by atoms with van der Waals surface area (Å²) in [6, 6.07) is 12.1. The Bertz CT molecular complexity index is 1260. The van der Waals surface area contributed by atoms with Crippen molar-refractivity contribution < 1.29 is 17.9 Å². The third-order valence-corrected chi connectivity index (χ3v) is 9.10. The van der Waals surface area contributed by atoms with Crippen molar-refractivity contribution in [2.24, 2.45) is 0 Å². The molecule has 0 N–H and O–H groups in total. The van der Waals surface area contributed by atoms with E-state index in [0.29, 0.717) is 16.7 Å². The number of hydrogen-bond donors (Lipinski definition) is 0. The Balaban J connectivity index is 0.00000361. The lowest BCUT2D eigenvalue weighted by Gasteiger charge is -2.27. The summed E-state index contributed by atoms with van der Waals surface area (Å²) in [5.41, 5.74) is 1.80. The maximum absolute atomic E-state index is 13.3. The lowest BCUT2D eigenvalue weighted by molar-refractivity contribution is -0.118. The molecule has 36 heavy (non-hydrogen) atoms. The average molecular weight is 573 g/mol. The smallest absolute Gasteiger partial charge is 0.228 e. The normalized spacial score (nSPS) is 14.5. The Morgan fingerprint density at radius 1 is 1.17 bits per heavy atom. The second-order valence-electron chi connectivity index (χ2n) is 8.65. The van der Waals surface area contributed by atoms with Crippen LogP contribution in [0.1, 0.15) is 24.8 Å². The van der Waals surface area contributed by atoms with Gasteiger partial charge in [0.2, 0.25) is 5.91 Å². The predicted octanol–water partition coefficient (Wildman–Crippen LogP) is 4.99. The van der Waals surface area contributed by atoms with Crippen LogP contribution in [-0.2, 0) is 19.4 Å². The summed E-state index contributed by atoms with van der Waals surface area (Å²) in [7, 11) is -3.43. The Kier molecular flexibility index (Phi) is 10.5. The van der Waals surface area contributed by atoms with Crippen molar-refractivity contribution in [3.05, 3.63) is 53.1 Å². The van der Waals surface area contributed by atoms with Gasteiger partial charge in [-0.2, -0.15) is 0 Å². The lowest BCUT2D eigenvalue weighted by atomic mass is 10.2. The molecule has 4 rings (SSSR count). The van der Waals surface area contributed by atoms with Gasteiger partial charge in [-0.05, 0) is 49.6 Å². The van der Waals surface area contributed by atoms with Gasteiger partial charge in [0.1, 0.15) is 0 Å². The maximum Gasteiger partial charge on any atom is 0.228 e. The number of anilines is 1. The molecule has 0 spiro atoms. The standard InChI is InChI=1S/C25H30ClN3O4S2.ClH/c1-19-17-20(26)18-22-24(19)27-25(34-22)29(11-6-10-28-12-14-33-15-13-28)23(30)9-5-16-35(31,32)21-7-3-2-4-8-21;/h2-4,7-8,17-18H,5-6,9-16H2,1H3;1H. The van der Waals surface area contributed by atoms with E-state index >= 15 is 0 Å². The number of nitrogens with zero attached hydrogens (tertiary/aromatic N) is 3. The second-order valence-corrected chi connectivity index (χ2v) is 12.2. The first-order valence-corrected chi connectivity index (χ1v) is 14.6. The van der Waals surface area contributed by atoms with Crippen molar-refractivity contribution in [3.8, 4) is 0 Å². The number of amides is 1. The van der Waals surface area contributed by atoms with Gasteiger partial charge in [-0.3, -0.25) is 14.6 Å². The molecule has 2 heterocycles. The van der Waals surface area contributed by atoms with Crippen LogP contribution in [0, 0.1) is 6.92 Å². The van der Waals surface area contributed by atoms with Crippen molar-refractivity contribution in [2.75, 3.05) is 50.0 Å². The molecule has 0 unspecified atom stereocenters. The van der Waals surface area contributed by atoms with Crippen LogP contribution in [0.3, 0.4) is 0 Å². The zero-order valence-corrected chi connectivity index (χ0v) is 23.4. The first-order valence-electron chi connectivity index (χ1n) is 11.8. The van der Waals surface area contributed by atoms with Crippen LogP contribution in [0.4, 0.5) is 5.13 Å². The van der Waals surface area contributed by atoms with E-state index in [1.807, 2.05) is 19.1 Å². The predicted molar refractivity (Wildman–Crippen MR) is 149 cm³/mol. The molecule has 0 radical (unpaired) electrons. The Labute approximate surface area is 227 Å². The molecule has 1 amide bonds. The lowest BCUT2D eigenvalue weighted by Crippen LogP contribution is -2.39. The molecule has 1 aliphatic heterocycles. The highest BCUT2D eigenvalue weighted by Gasteiger charge is 2.22. The molecule has 1 aliphatic rings. The van der Waals surface area contributed by atoms with Gasteiger partial charge in [-0.25, -0.2) is 13.4 Å². The van der Waals surface area contributed by atoms with Gasteiger partial charge in [-0.15, -0.1) is 12.4 Å². The summed E-state index contributed by atoms with van der Waals surface area (Å²) in [5.74, 6) is -0.183. The van der Waals surface area contributed by atoms with Crippen LogP contribution in [0.2, 0.25) is 5.02 Å². The van der Waals surface area contributed by atoms with Crippen LogP contribution in [0.25, 0.3) is 10.2 Å². The van der Waals surface area contributed by atoms with Crippen molar-refractivity contribution in [1.82, 2.24) is 9.88 Å². The number of rotatable bonds is 10. The number of thiazole rings is 1. The number of carbonyl (C=O) groups excluding carboxylic acids is 1. The highest BCUT2D eigenvalue weighted by atomic mass is 35.5. The van der Waals surface area contributed by atoms with Crippen molar-refractivity contribution in [1.29, 1.82) is 0 Å². The monoisotopic (exact) mass is 571 g/mol. The van der Waals surface area contributed by atoms with E-state index in [1.165, 1.54) is 11.3 Å². The molecule has 196 valence electrons. The van der Waals surface area contributed by atoms with E-state index in [-0.39, 0.29) is 41.8 Å². The average Bonchev–Trinajstić information content (AvgIpc) is 3.27. The molecule has 3 aromatic rings. The molecule has 0 saturated carbocycles. The molecule has 0 atom stereocenters. The molecule has 7 nitrogen and oxygen atoms in total. The van der Waals surface area contributed by atoms with E-state index in [1.54, 1.807) is 35.2 Å². The van der Waals surface area contributed by atoms with E-state index in [4.69, 9.17) is 21.3 Å². The number of carbonyl (C=O) groups is 1. The third kappa shape index (κ3) is 7.40. The Morgan fingerprint density at radius 2 is 1.89 bits per heavy atom. The molecule has 1 saturated heterocycles. The number of halogens is 2. The molecule has 1 fully saturated rings. The zero-order chi connectivity index (χ0) is 24.8. The number of aromatic nitrogens is 1. The Morgan fingerprint density at radius 3 is 2.61 bits per heavy atom. The van der Waals surface area contributed by atoms with Crippen LogP contribution >= 0.6 is 35.3 Å². The third-order valence-electron chi connectivity index (χ3n) is 6.04. The summed E-state index contributed by atoms with van der Waals surface area (Å²) in [6.07, 6.45) is 1.19. The first kappa shape index (κ1) is 28.8. The minimum atomic E-state index is -3.43. The van der Waals surface area contributed by atoms with Gasteiger partial charge < -0.3 is 4.74 Å². The summed E-state index contributed by atoms with van der Waals surface area (Å²) in [5, 5.41) is 1.27. The minimum absolute atomic E-state index is 0. The van der Waals surface area contributed by atoms with Gasteiger partial charge in [0.05, 0.1) is 34.1 Å². The highest BCUT2D eigenvalue weighted by molar-refractivity contribution is 7.91. The number of hydrogen-bond acceptors (Lipinski definition) is 7. The quantitative estimate of drug-likeness (QED) is 0.341. The van der Waals surface area contributed by atoms with Crippen LogP contribution in [-0.4, -0.2) is 69.4 Å². The van der Waals surface area contributed by atoms with Gasteiger partial charge >= 0.3 is 0 Å². The molecule has 0 bridgehead atoms.